The number of nitrogens with one attached hydrogen (secondary N) is 1. The van der Waals surface area contributed by atoms with Crippen molar-refractivity contribution in [2.45, 2.75) is 45.7 Å². The fourth-order valence-corrected chi connectivity index (χ4v) is 1.68. The molecule has 3 N–H and O–H groups in total. The van der Waals surface area contributed by atoms with Crippen LogP contribution >= 0.6 is 0 Å². The Morgan fingerprint density at radius 1 is 1.45 bits per heavy atom. The van der Waals surface area contributed by atoms with Crippen LogP contribution in [0.4, 0.5) is 0 Å². The second-order valence-corrected chi connectivity index (χ2v) is 6.34. The highest BCUT2D eigenvalue weighted by molar-refractivity contribution is 5.78. The number of ether oxygens (including phenoxy) is 1. The van der Waals surface area contributed by atoms with Gasteiger partial charge in [0.05, 0.1) is 13.2 Å². The summed E-state index contributed by atoms with van der Waals surface area (Å²) < 4.78 is 5.59. The maximum Gasteiger partial charge on any atom is 0.213 e. The first-order valence-electron chi connectivity index (χ1n) is 7.08. The summed E-state index contributed by atoms with van der Waals surface area (Å²) in [5, 5.41) is 3.12. The predicted octanol–water partition coefficient (Wildman–Crippen LogP) is 2.07. The van der Waals surface area contributed by atoms with E-state index in [-0.39, 0.29) is 5.54 Å². The smallest absolute Gasteiger partial charge is 0.213 e. The summed E-state index contributed by atoms with van der Waals surface area (Å²) in [6.07, 6.45) is 4.36. The Kier molecular flexibility index (Phi) is 4.47. The highest BCUT2D eigenvalue weighted by Crippen LogP contribution is 2.29. The van der Waals surface area contributed by atoms with Gasteiger partial charge in [0, 0.05) is 17.8 Å². The first-order chi connectivity index (χ1) is 9.42. The van der Waals surface area contributed by atoms with Crippen LogP contribution in [-0.4, -0.2) is 23.1 Å². The molecule has 0 saturated heterocycles. The second kappa shape index (κ2) is 6.11. The zero-order valence-corrected chi connectivity index (χ0v) is 12.5. The number of nitrogens with two attached hydrogens (primary N) is 1. The lowest BCUT2D eigenvalue weighted by molar-refractivity contribution is 0.288. The van der Waals surface area contributed by atoms with Crippen LogP contribution in [0.15, 0.2) is 23.3 Å². The molecule has 5 nitrogen and oxygen atoms in total. The average Bonchev–Trinajstić information content (AvgIpc) is 3.17. The number of pyridine rings is 1. The molecule has 0 amide bonds. The molecule has 20 heavy (non-hydrogen) atoms. The summed E-state index contributed by atoms with van der Waals surface area (Å²) in [6.45, 7) is 7.44. The van der Waals surface area contributed by atoms with Crippen LogP contribution in [0.5, 0.6) is 5.88 Å². The van der Waals surface area contributed by atoms with Gasteiger partial charge in [-0.3, -0.25) is 0 Å². The minimum atomic E-state index is -0.0770. The normalized spacial score (nSPS) is 16.1. The van der Waals surface area contributed by atoms with Gasteiger partial charge in [0.25, 0.3) is 0 Å². The molecule has 0 bridgehead atoms. The monoisotopic (exact) mass is 276 g/mol. The number of guanidine groups is 1. The van der Waals surface area contributed by atoms with Gasteiger partial charge in [-0.2, -0.15) is 0 Å². The van der Waals surface area contributed by atoms with Crippen LogP contribution in [0.3, 0.4) is 0 Å². The minimum absolute atomic E-state index is 0.0770. The molecule has 1 saturated carbocycles. The van der Waals surface area contributed by atoms with Gasteiger partial charge in [-0.1, -0.05) is 6.07 Å². The summed E-state index contributed by atoms with van der Waals surface area (Å²) >= 11 is 0. The lowest BCUT2D eigenvalue weighted by atomic mass is 10.1. The first kappa shape index (κ1) is 14.6. The predicted molar refractivity (Wildman–Crippen MR) is 80.7 cm³/mol. The number of hydrogen-bond acceptors (Lipinski definition) is 3. The standard InChI is InChI=1S/C15H24N4O/c1-15(2,3)19-14(16)18-9-12-6-7-13(17-8-12)20-10-11-4-5-11/h6-8,11H,4-5,9-10H2,1-3H3,(H3,16,18,19). The van der Waals surface area contributed by atoms with Crippen molar-refractivity contribution in [3.05, 3.63) is 23.9 Å². The third kappa shape index (κ3) is 5.47. The molecule has 0 aromatic carbocycles. The van der Waals surface area contributed by atoms with Crippen molar-refractivity contribution in [3.63, 3.8) is 0 Å². The largest absolute Gasteiger partial charge is 0.477 e. The molecule has 1 aliphatic rings. The number of aliphatic imine (C=N–C) groups is 1. The molecule has 0 atom stereocenters. The Hall–Kier alpha value is -1.78. The molecule has 1 aliphatic carbocycles. The summed E-state index contributed by atoms with van der Waals surface area (Å²) in [4.78, 5) is 8.57. The number of rotatable bonds is 5. The lowest BCUT2D eigenvalue weighted by Crippen LogP contribution is -2.44. The molecule has 1 heterocycles. The van der Waals surface area contributed by atoms with E-state index in [0.717, 1.165) is 18.1 Å². The highest BCUT2D eigenvalue weighted by atomic mass is 16.5. The van der Waals surface area contributed by atoms with Crippen molar-refractivity contribution in [1.82, 2.24) is 10.3 Å². The van der Waals surface area contributed by atoms with E-state index >= 15 is 0 Å². The second-order valence-electron chi connectivity index (χ2n) is 6.34. The van der Waals surface area contributed by atoms with Gasteiger partial charge >= 0.3 is 0 Å². The zero-order valence-electron chi connectivity index (χ0n) is 12.5. The number of aromatic nitrogens is 1. The quantitative estimate of drug-likeness (QED) is 0.638. The Morgan fingerprint density at radius 2 is 2.20 bits per heavy atom. The van der Waals surface area contributed by atoms with E-state index in [1.807, 2.05) is 32.9 Å². The molecule has 5 heteroatoms. The molecule has 0 radical (unpaired) electrons. The molecule has 1 aromatic rings. The summed E-state index contributed by atoms with van der Waals surface area (Å²) in [6, 6.07) is 3.86. The lowest BCUT2D eigenvalue weighted by Gasteiger charge is -2.20. The molecule has 0 unspecified atom stereocenters. The SMILES string of the molecule is CC(C)(C)NC(N)=NCc1ccc(OCC2CC2)nc1. The van der Waals surface area contributed by atoms with E-state index in [9.17, 15) is 0 Å². The topological polar surface area (TPSA) is 72.5 Å². The third-order valence-corrected chi connectivity index (χ3v) is 2.90. The molecule has 2 rings (SSSR count). The van der Waals surface area contributed by atoms with Crippen LogP contribution in [0.25, 0.3) is 0 Å². The van der Waals surface area contributed by atoms with E-state index < -0.39 is 0 Å². The maximum atomic E-state index is 5.82. The van der Waals surface area contributed by atoms with Gasteiger partial charge in [-0.15, -0.1) is 0 Å². The van der Waals surface area contributed by atoms with Gasteiger partial charge in [0.2, 0.25) is 5.88 Å². The summed E-state index contributed by atoms with van der Waals surface area (Å²) in [5.74, 6) is 1.88. The molecule has 0 spiro atoms. The maximum absolute atomic E-state index is 5.82. The molecular formula is C15H24N4O. The van der Waals surface area contributed by atoms with Crippen LogP contribution in [0.2, 0.25) is 0 Å². The zero-order chi connectivity index (χ0) is 14.6. The van der Waals surface area contributed by atoms with Crippen LogP contribution < -0.4 is 15.8 Å². The van der Waals surface area contributed by atoms with Crippen molar-refractivity contribution < 1.29 is 4.74 Å². The van der Waals surface area contributed by atoms with Crippen molar-refractivity contribution in [3.8, 4) is 5.88 Å². The van der Waals surface area contributed by atoms with E-state index in [1.165, 1.54) is 12.8 Å². The number of nitrogens with zero attached hydrogens (tertiary/aromatic N) is 2. The van der Waals surface area contributed by atoms with Gasteiger partial charge in [0.15, 0.2) is 5.96 Å². The molecule has 0 aliphatic heterocycles. The Labute approximate surface area is 120 Å². The van der Waals surface area contributed by atoms with Crippen LogP contribution in [-0.2, 0) is 6.54 Å². The highest BCUT2D eigenvalue weighted by Gasteiger charge is 2.21. The summed E-state index contributed by atoms with van der Waals surface area (Å²) in [7, 11) is 0. The summed E-state index contributed by atoms with van der Waals surface area (Å²) in [5.41, 5.74) is 6.76. The van der Waals surface area contributed by atoms with E-state index in [0.29, 0.717) is 18.4 Å². The molecular weight excluding hydrogens is 252 g/mol. The third-order valence-electron chi connectivity index (χ3n) is 2.90. The van der Waals surface area contributed by atoms with Crippen molar-refractivity contribution in [2.75, 3.05) is 6.61 Å². The van der Waals surface area contributed by atoms with Crippen LogP contribution in [0.1, 0.15) is 39.2 Å². The van der Waals surface area contributed by atoms with Gasteiger partial charge < -0.3 is 15.8 Å². The van der Waals surface area contributed by atoms with Crippen molar-refractivity contribution in [1.29, 1.82) is 0 Å². The van der Waals surface area contributed by atoms with E-state index in [2.05, 4.69) is 15.3 Å². The Bertz CT molecular complexity index is 458. The molecule has 110 valence electrons. The Balaban J connectivity index is 1.81. The van der Waals surface area contributed by atoms with Crippen molar-refractivity contribution in [2.24, 2.45) is 16.6 Å². The average molecular weight is 276 g/mol. The Morgan fingerprint density at radius 3 is 2.75 bits per heavy atom. The molecule has 1 fully saturated rings. The van der Waals surface area contributed by atoms with E-state index in [1.54, 1.807) is 6.20 Å². The van der Waals surface area contributed by atoms with Gasteiger partial charge in [-0.05, 0) is 45.1 Å². The fraction of sp³-hybridized carbons (Fsp3) is 0.600. The number of hydrogen-bond donors (Lipinski definition) is 2. The fourth-order valence-electron chi connectivity index (χ4n) is 1.68. The molecule has 1 aromatic heterocycles. The van der Waals surface area contributed by atoms with Crippen molar-refractivity contribution >= 4 is 5.96 Å². The minimum Gasteiger partial charge on any atom is -0.477 e. The van der Waals surface area contributed by atoms with E-state index in [4.69, 9.17) is 10.5 Å². The van der Waals surface area contributed by atoms with Gasteiger partial charge in [-0.25, -0.2) is 9.98 Å². The van der Waals surface area contributed by atoms with Crippen LogP contribution in [0, 0.1) is 5.92 Å². The van der Waals surface area contributed by atoms with Gasteiger partial charge in [0.1, 0.15) is 0 Å². The first-order valence-corrected chi connectivity index (χ1v) is 7.08.